The maximum Gasteiger partial charge on any atom is 0.407 e. The minimum absolute atomic E-state index is 0.0348. The van der Waals surface area contributed by atoms with Gasteiger partial charge in [0.2, 0.25) is 0 Å². The molecule has 2 fully saturated rings. The van der Waals surface area contributed by atoms with Crippen molar-refractivity contribution in [2.75, 3.05) is 26.2 Å². The van der Waals surface area contributed by atoms with Crippen molar-refractivity contribution in [3.63, 3.8) is 0 Å². The van der Waals surface area contributed by atoms with Crippen molar-refractivity contribution in [2.24, 2.45) is 11.3 Å². The highest BCUT2D eigenvalue weighted by Crippen LogP contribution is 2.42. The minimum Gasteiger partial charge on any atom is -0.465 e. The lowest BCUT2D eigenvalue weighted by Gasteiger charge is -2.24. The summed E-state index contributed by atoms with van der Waals surface area (Å²) in [5, 5.41) is 19.6. The van der Waals surface area contributed by atoms with Gasteiger partial charge in [-0.05, 0) is 18.2 Å². The Hall–Kier alpha value is -2.64. The van der Waals surface area contributed by atoms with Crippen molar-refractivity contribution < 1.29 is 14.7 Å². The fourth-order valence-electron chi connectivity index (χ4n) is 3.80. The first kappa shape index (κ1) is 14.0. The van der Waals surface area contributed by atoms with Crippen LogP contribution in [0.1, 0.15) is 17.3 Å². The predicted octanol–water partition coefficient (Wildman–Crippen LogP) is 1.03. The first-order valence-corrected chi connectivity index (χ1v) is 7.54. The summed E-state index contributed by atoms with van der Waals surface area (Å²) in [5.74, 6) is 0.158. The summed E-state index contributed by atoms with van der Waals surface area (Å²) < 4.78 is 0. The minimum atomic E-state index is -0.880. The zero-order valence-corrected chi connectivity index (χ0v) is 12.7. The van der Waals surface area contributed by atoms with Crippen LogP contribution in [0, 0.1) is 11.3 Å². The van der Waals surface area contributed by atoms with Crippen LogP contribution in [-0.2, 0) is 0 Å². The van der Waals surface area contributed by atoms with Gasteiger partial charge < -0.3 is 14.9 Å². The van der Waals surface area contributed by atoms with Crippen molar-refractivity contribution >= 4 is 23.0 Å². The molecule has 0 bridgehead atoms. The molecule has 3 heterocycles. The van der Waals surface area contributed by atoms with Crippen molar-refractivity contribution in [1.29, 1.82) is 0 Å². The van der Waals surface area contributed by atoms with Gasteiger partial charge in [-0.15, -0.1) is 5.10 Å². The Kier molecular flexibility index (Phi) is 2.84. The van der Waals surface area contributed by atoms with Crippen LogP contribution in [-0.4, -0.2) is 68.5 Å². The predicted molar refractivity (Wildman–Crippen MR) is 81.0 cm³/mol. The molecule has 2 aliphatic heterocycles. The molecule has 1 aromatic carbocycles. The number of hydrogen-bond donors (Lipinski definition) is 2. The van der Waals surface area contributed by atoms with E-state index >= 15 is 0 Å². The Balaban J connectivity index is 1.54. The fourth-order valence-corrected chi connectivity index (χ4v) is 3.80. The van der Waals surface area contributed by atoms with Crippen LogP contribution >= 0.6 is 0 Å². The lowest BCUT2D eigenvalue weighted by molar-refractivity contribution is 0.0763. The van der Waals surface area contributed by atoms with E-state index in [9.17, 15) is 9.59 Å². The number of likely N-dealkylation sites (tertiary alicyclic amines) is 2. The number of rotatable bonds is 1. The van der Waals surface area contributed by atoms with E-state index in [-0.39, 0.29) is 17.2 Å². The molecule has 8 nitrogen and oxygen atoms in total. The van der Waals surface area contributed by atoms with E-state index in [0.29, 0.717) is 37.3 Å². The van der Waals surface area contributed by atoms with Crippen molar-refractivity contribution in [3.8, 4) is 0 Å². The van der Waals surface area contributed by atoms with Gasteiger partial charge >= 0.3 is 6.09 Å². The molecule has 2 aromatic rings. The molecule has 2 saturated heterocycles. The number of fused-ring (bicyclic) bond motifs is 2. The molecule has 0 saturated carbocycles. The zero-order chi connectivity index (χ0) is 16.2. The van der Waals surface area contributed by atoms with E-state index < -0.39 is 6.09 Å². The van der Waals surface area contributed by atoms with Crippen LogP contribution in [0.2, 0.25) is 0 Å². The van der Waals surface area contributed by atoms with E-state index in [2.05, 4.69) is 22.3 Å². The Morgan fingerprint density at radius 2 is 2.04 bits per heavy atom. The number of carboxylic acid groups (broad SMARTS) is 1. The molecule has 1 aromatic heterocycles. The number of benzene rings is 1. The number of carbonyl (C=O) groups is 2. The zero-order valence-electron chi connectivity index (χ0n) is 12.7. The Bertz CT molecular complexity index is 803. The number of nitrogens with one attached hydrogen (secondary N) is 1. The van der Waals surface area contributed by atoms with Crippen molar-refractivity contribution in [1.82, 2.24) is 25.2 Å². The summed E-state index contributed by atoms with van der Waals surface area (Å²) >= 11 is 0. The number of aromatic nitrogens is 3. The molecule has 0 radical (unpaired) electrons. The largest absolute Gasteiger partial charge is 0.465 e. The van der Waals surface area contributed by atoms with Crippen LogP contribution in [0.4, 0.5) is 4.79 Å². The summed E-state index contributed by atoms with van der Waals surface area (Å²) in [6.45, 7) is 4.22. The normalized spacial score (nSPS) is 26.7. The first-order valence-electron chi connectivity index (χ1n) is 7.54. The summed E-state index contributed by atoms with van der Waals surface area (Å²) in [4.78, 5) is 27.2. The molecule has 8 heteroatoms. The molecule has 2 amide bonds. The second-order valence-electron chi connectivity index (χ2n) is 6.74. The van der Waals surface area contributed by atoms with Gasteiger partial charge in [0.05, 0.1) is 5.52 Å². The first-order chi connectivity index (χ1) is 11.0. The third-order valence-corrected chi connectivity index (χ3v) is 5.10. The number of nitrogens with zero attached hydrogens (tertiary/aromatic N) is 4. The smallest absolute Gasteiger partial charge is 0.407 e. The molecule has 0 aliphatic carbocycles. The standard InChI is InChI=1S/C15H17N5O3/c1-15-7-19(5-10(15)6-20(8-15)14(22)23)13(21)9-2-3-11-12(4-9)17-18-16-11/h2-4,10H,5-8H2,1H3,(H,22,23)(H,16,17,18). The molecule has 2 aliphatic rings. The topological polar surface area (TPSA) is 102 Å². The lowest BCUT2D eigenvalue weighted by Crippen LogP contribution is -2.37. The van der Waals surface area contributed by atoms with Gasteiger partial charge in [0.1, 0.15) is 5.52 Å². The molecule has 2 unspecified atom stereocenters. The summed E-state index contributed by atoms with van der Waals surface area (Å²) in [6, 6.07) is 5.30. The van der Waals surface area contributed by atoms with Crippen LogP contribution in [0.15, 0.2) is 18.2 Å². The second kappa shape index (κ2) is 4.68. The number of amides is 2. The van der Waals surface area contributed by atoms with Gasteiger partial charge in [-0.2, -0.15) is 0 Å². The monoisotopic (exact) mass is 315 g/mol. The van der Waals surface area contributed by atoms with Gasteiger partial charge in [0, 0.05) is 43.1 Å². The van der Waals surface area contributed by atoms with Crippen molar-refractivity contribution in [2.45, 2.75) is 6.92 Å². The summed E-state index contributed by atoms with van der Waals surface area (Å²) in [6.07, 6.45) is -0.880. The van der Waals surface area contributed by atoms with Gasteiger partial charge in [0.25, 0.3) is 5.91 Å². The third kappa shape index (κ3) is 2.13. The number of carbonyl (C=O) groups excluding carboxylic acids is 1. The highest BCUT2D eigenvalue weighted by atomic mass is 16.4. The van der Waals surface area contributed by atoms with E-state index in [1.165, 1.54) is 4.90 Å². The molecule has 4 rings (SSSR count). The maximum atomic E-state index is 12.7. The second-order valence-corrected chi connectivity index (χ2v) is 6.74. The Morgan fingerprint density at radius 1 is 1.30 bits per heavy atom. The maximum absolute atomic E-state index is 12.7. The SMILES string of the molecule is CC12CN(C(=O)O)CC1CN(C(=O)c1ccc3[nH]nnc3c1)C2. The molecule has 2 atom stereocenters. The number of H-pyrrole nitrogens is 1. The third-order valence-electron chi connectivity index (χ3n) is 5.10. The molecular weight excluding hydrogens is 298 g/mol. The Morgan fingerprint density at radius 3 is 2.78 bits per heavy atom. The van der Waals surface area contributed by atoms with E-state index in [1.54, 1.807) is 18.2 Å². The average molecular weight is 315 g/mol. The van der Waals surface area contributed by atoms with E-state index in [1.807, 2.05) is 4.90 Å². The van der Waals surface area contributed by atoms with Crippen molar-refractivity contribution in [3.05, 3.63) is 23.8 Å². The van der Waals surface area contributed by atoms with E-state index in [0.717, 1.165) is 5.52 Å². The summed E-state index contributed by atoms with van der Waals surface area (Å²) in [5.41, 5.74) is 1.89. The average Bonchev–Trinajstić information content (AvgIpc) is 3.16. The van der Waals surface area contributed by atoms with Crippen LogP contribution < -0.4 is 0 Å². The fraction of sp³-hybridized carbons (Fsp3) is 0.467. The quantitative estimate of drug-likeness (QED) is 0.818. The van der Waals surface area contributed by atoms with Gasteiger partial charge in [-0.1, -0.05) is 12.1 Å². The molecule has 2 N–H and O–H groups in total. The Labute approximate surface area is 132 Å². The molecule has 0 spiro atoms. The molecule has 23 heavy (non-hydrogen) atoms. The van der Waals surface area contributed by atoms with Gasteiger partial charge in [0.15, 0.2) is 0 Å². The highest BCUT2D eigenvalue weighted by molar-refractivity contribution is 5.97. The lowest BCUT2D eigenvalue weighted by atomic mass is 9.83. The molecule has 120 valence electrons. The van der Waals surface area contributed by atoms with E-state index in [4.69, 9.17) is 5.11 Å². The number of aromatic amines is 1. The van der Waals surface area contributed by atoms with Gasteiger partial charge in [-0.3, -0.25) is 9.89 Å². The van der Waals surface area contributed by atoms with Crippen LogP contribution in [0.5, 0.6) is 0 Å². The summed E-state index contributed by atoms with van der Waals surface area (Å²) in [7, 11) is 0. The highest BCUT2D eigenvalue weighted by Gasteiger charge is 2.51. The van der Waals surface area contributed by atoms with Gasteiger partial charge in [-0.25, -0.2) is 4.79 Å². The molecular formula is C15H17N5O3. The van der Waals surface area contributed by atoms with Crippen LogP contribution in [0.25, 0.3) is 11.0 Å². The number of hydrogen-bond acceptors (Lipinski definition) is 4. The van der Waals surface area contributed by atoms with Crippen LogP contribution in [0.3, 0.4) is 0 Å².